The first kappa shape index (κ1) is 13.1. The molecule has 0 aliphatic carbocycles. The average Bonchev–Trinajstić information content (AvgIpc) is 2.22. The first-order chi connectivity index (χ1) is 6.70. The van der Waals surface area contributed by atoms with E-state index in [1.165, 1.54) is 7.11 Å². The van der Waals surface area contributed by atoms with Crippen LogP contribution in [-0.2, 0) is 9.53 Å². The van der Waals surface area contributed by atoms with E-state index in [0.29, 0.717) is 12.8 Å². The quantitative estimate of drug-likeness (QED) is 0.361. The first-order valence-corrected chi connectivity index (χ1v) is 4.71. The van der Waals surface area contributed by atoms with Crippen molar-refractivity contribution in [1.29, 1.82) is 0 Å². The lowest BCUT2D eigenvalue weighted by molar-refractivity contribution is -0.140. The van der Waals surface area contributed by atoms with E-state index in [1.54, 1.807) is 6.08 Å². The lowest BCUT2D eigenvalue weighted by Gasteiger charge is -2.00. The molecule has 4 heteroatoms. The van der Waals surface area contributed by atoms with Crippen molar-refractivity contribution >= 4 is 5.97 Å². The fraction of sp³-hybridized carbons (Fsp3) is 0.700. The third-order valence-corrected chi connectivity index (χ3v) is 1.76. The molecule has 2 N–H and O–H groups in total. The third-order valence-electron chi connectivity index (χ3n) is 1.76. The summed E-state index contributed by atoms with van der Waals surface area (Å²) in [5.41, 5.74) is 0. The van der Waals surface area contributed by atoms with Crippen molar-refractivity contribution in [1.82, 2.24) is 0 Å². The third kappa shape index (κ3) is 7.76. The molecule has 0 rings (SSSR count). The summed E-state index contributed by atoms with van der Waals surface area (Å²) in [6.07, 6.45) is 5.43. The zero-order valence-corrected chi connectivity index (χ0v) is 8.48. The van der Waals surface area contributed by atoms with Gasteiger partial charge in [-0.3, -0.25) is 4.79 Å². The fourth-order valence-corrected chi connectivity index (χ4v) is 0.912. The van der Waals surface area contributed by atoms with Crippen LogP contribution in [-0.4, -0.2) is 36.0 Å². The van der Waals surface area contributed by atoms with Gasteiger partial charge in [0.05, 0.1) is 19.8 Å². The minimum Gasteiger partial charge on any atom is -0.469 e. The van der Waals surface area contributed by atoms with E-state index in [9.17, 15) is 4.79 Å². The zero-order chi connectivity index (χ0) is 10.8. The standard InChI is InChI=1S/C10H18O4/c1-14-10(13)7-5-3-2-4-6-9(12)8-11/h2,4,9,11-12H,3,5-8H2,1H3/b4-2-. The van der Waals surface area contributed by atoms with Crippen LogP contribution in [0.1, 0.15) is 25.7 Å². The van der Waals surface area contributed by atoms with Crippen molar-refractivity contribution in [2.45, 2.75) is 31.8 Å². The van der Waals surface area contributed by atoms with E-state index in [0.717, 1.165) is 12.8 Å². The summed E-state index contributed by atoms with van der Waals surface area (Å²) < 4.78 is 4.48. The molecule has 1 atom stereocenters. The molecule has 0 aromatic rings. The molecule has 0 aromatic heterocycles. The maximum atomic E-state index is 10.7. The molecule has 4 nitrogen and oxygen atoms in total. The Morgan fingerprint density at radius 2 is 2.21 bits per heavy atom. The highest BCUT2D eigenvalue weighted by molar-refractivity contribution is 5.68. The number of carbonyl (C=O) groups is 1. The van der Waals surface area contributed by atoms with Crippen LogP contribution in [0.2, 0.25) is 0 Å². The van der Waals surface area contributed by atoms with Gasteiger partial charge in [-0.2, -0.15) is 0 Å². The van der Waals surface area contributed by atoms with Crippen molar-refractivity contribution in [2.75, 3.05) is 13.7 Å². The maximum absolute atomic E-state index is 10.7. The molecule has 0 saturated heterocycles. The number of carbonyl (C=O) groups excluding carboxylic acids is 1. The van der Waals surface area contributed by atoms with Crippen LogP contribution >= 0.6 is 0 Å². The number of hydrogen-bond acceptors (Lipinski definition) is 4. The Hall–Kier alpha value is -0.870. The number of methoxy groups -OCH3 is 1. The predicted molar refractivity (Wildman–Crippen MR) is 52.7 cm³/mol. The highest BCUT2D eigenvalue weighted by Gasteiger charge is 1.98. The van der Waals surface area contributed by atoms with Crippen LogP contribution in [0.3, 0.4) is 0 Å². The number of aliphatic hydroxyl groups is 2. The van der Waals surface area contributed by atoms with Gasteiger partial charge in [0.15, 0.2) is 0 Å². The van der Waals surface area contributed by atoms with Crippen LogP contribution in [0.15, 0.2) is 12.2 Å². The number of unbranched alkanes of at least 4 members (excludes halogenated alkanes) is 1. The van der Waals surface area contributed by atoms with Gasteiger partial charge in [0.25, 0.3) is 0 Å². The number of aliphatic hydroxyl groups excluding tert-OH is 2. The minimum atomic E-state index is -0.674. The molecule has 0 radical (unpaired) electrons. The molecule has 0 saturated carbocycles. The molecule has 0 fully saturated rings. The normalized spacial score (nSPS) is 13.1. The molecule has 82 valence electrons. The minimum absolute atomic E-state index is 0.200. The molecule has 1 unspecified atom stereocenters. The van der Waals surface area contributed by atoms with Crippen molar-refractivity contribution < 1.29 is 19.7 Å². The Balaban J connectivity index is 3.31. The molecule has 0 bridgehead atoms. The van der Waals surface area contributed by atoms with Crippen LogP contribution < -0.4 is 0 Å². The van der Waals surface area contributed by atoms with Gasteiger partial charge in [-0.25, -0.2) is 0 Å². The molecule has 0 aromatic carbocycles. The largest absolute Gasteiger partial charge is 0.469 e. The van der Waals surface area contributed by atoms with Crippen molar-refractivity contribution in [3.05, 3.63) is 12.2 Å². The van der Waals surface area contributed by atoms with Gasteiger partial charge in [-0.15, -0.1) is 0 Å². The Kier molecular flexibility index (Phi) is 8.17. The second kappa shape index (κ2) is 8.72. The van der Waals surface area contributed by atoms with Crippen molar-refractivity contribution in [3.63, 3.8) is 0 Å². The summed E-state index contributed by atoms with van der Waals surface area (Å²) in [7, 11) is 1.37. The summed E-state index contributed by atoms with van der Waals surface area (Å²) in [6, 6.07) is 0. The highest BCUT2D eigenvalue weighted by atomic mass is 16.5. The lowest BCUT2D eigenvalue weighted by Crippen LogP contribution is -2.09. The number of rotatable bonds is 7. The topological polar surface area (TPSA) is 66.8 Å². The second-order valence-corrected chi connectivity index (χ2v) is 3.01. The van der Waals surface area contributed by atoms with E-state index < -0.39 is 6.10 Å². The number of allylic oxidation sites excluding steroid dienone is 1. The maximum Gasteiger partial charge on any atom is 0.305 e. The molecule has 0 aliphatic rings. The zero-order valence-electron chi connectivity index (χ0n) is 8.48. The van der Waals surface area contributed by atoms with E-state index in [-0.39, 0.29) is 12.6 Å². The summed E-state index contributed by atoms with van der Waals surface area (Å²) in [5, 5.41) is 17.5. The molecule has 0 aliphatic heterocycles. The van der Waals surface area contributed by atoms with Gasteiger partial charge >= 0.3 is 5.97 Å². The smallest absolute Gasteiger partial charge is 0.305 e. The Morgan fingerprint density at radius 1 is 1.50 bits per heavy atom. The van der Waals surface area contributed by atoms with Gasteiger partial charge in [-0.05, 0) is 19.3 Å². The average molecular weight is 202 g/mol. The Bertz CT molecular complexity index is 177. The molecule has 14 heavy (non-hydrogen) atoms. The number of hydrogen-bond donors (Lipinski definition) is 2. The predicted octanol–water partition coefficient (Wildman–Crippen LogP) is 0.629. The van der Waals surface area contributed by atoms with E-state index >= 15 is 0 Å². The molecule has 0 heterocycles. The highest BCUT2D eigenvalue weighted by Crippen LogP contribution is 2.00. The summed E-state index contributed by atoms with van der Waals surface area (Å²) >= 11 is 0. The molecule has 0 spiro atoms. The first-order valence-electron chi connectivity index (χ1n) is 4.71. The van der Waals surface area contributed by atoms with Gasteiger partial charge in [0.2, 0.25) is 0 Å². The van der Waals surface area contributed by atoms with E-state index in [2.05, 4.69) is 4.74 Å². The summed E-state index contributed by atoms with van der Waals surface area (Å²) in [5.74, 6) is -0.200. The van der Waals surface area contributed by atoms with Crippen LogP contribution in [0.25, 0.3) is 0 Å². The summed E-state index contributed by atoms with van der Waals surface area (Å²) in [6.45, 7) is -0.216. The Labute approximate surface area is 84.2 Å². The molecule has 0 amide bonds. The fourth-order valence-electron chi connectivity index (χ4n) is 0.912. The van der Waals surface area contributed by atoms with E-state index in [4.69, 9.17) is 10.2 Å². The number of ether oxygens (including phenoxy) is 1. The van der Waals surface area contributed by atoms with Gasteiger partial charge in [0.1, 0.15) is 0 Å². The van der Waals surface area contributed by atoms with Crippen LogP contribution in [0.4, 0.5) is 0 Å². The molecular formula is C10H18O4. The molecular weight excluding hydrogens is 184 g/mol. The Morgan fingerprint density at radius 3 is 2.79 bits per heavy atom. The van der Waals surface area contributed by atoms with E-state index in [1.807, 2.05) is 6.08 Å². The van der Waals surface area contributed by atoms with Crippen LogP contribution in [0.5, 0.6) is 0 Å². The number of esters is 1. The van der Waals surface area contributed by atoms with Crippen molar-refractivity contribution in [3.8, 4) is 0 Å². The van der Waals surface area contributed by atoms with Gasteiger partial charge in [0, 0.05) is 6.42 Å². The van der Waals surface area contributed by atoms with Gasteiger partial charge < -0.3 is 14.9 Å². The SMILES string of the molecule is COC(=O)CCC/C=C\CC(O)CO. The van der Waals surface area contributed by atoms with Crippen molar-refractivity contribution in [2.24, 2.45) is 0 Å². The lowest BCUT2D eigenvalue weighted by atomic mass is 10.2. The van der Waals surface area contributed by atoms with Gasteiger partial charge in [-0.1, -0.05) is 12.2 Å². The summed E-state index contributed by atoms with van der Waals surface area (Å²) in [4.78, 5) is 10.7. The monoisotopic (exact) mass is 202 g/mol. The second-order valence-electron chi connectivity index (χ2n) is 3.01. The van der Waals surface area contributed by atoms with Crippen LogP contribution in [0, 0.1) is 0 Å².